The lowest BCUT2D eigenvalue weighted by Gasteiger charge is -2.11. The topological polar surface area (TPSA) is 93.7 Å². The Bertz CT molecular complexity index is 618. The van der Waals surface area contributed by atoms with Crippen molar-refractivity contribution in [2.24, 2.45) is 5.73 Å². The van der Waals surface area contributed by atoms with Crippen LogP contribution in [0.4, 0.5) is 17.5 Å². The Labute approximate surface area is 130 Å². The normalized spacial score (nSPS) is 14.1. The molecule has 4 N–H and O–H groups in total. The summed E-state index contributed by atoms with van der Waals surface area (Å²) in [5, 5.41) is 10.8. The van der Waals surface area contributed by atoms with E-state index in [-0.39, 0.29) is 0 Å². The molecule has 0 amide bonds. The molecule has 7 nitrogen and oxygen atoms in total. The molecular weight excluding hydrogens is 278 g/mol. The van der Waals surface area contributed by atoms with E-state index in [9.17, 15) is 0 Å². The summed E-state index contributed by atoms with van der Waals surface area (Å²) >= 11 is 0. The van der Waals surface area contributed by atoms with Gasteiger partial charge in [0.2, 0.25) is 5.95 Å². The van der Waals surface area contributed by atoms with E-state index >= 15 is 0 Å². The number of aromatic nitrogens is 4. The van der Waals surface area contributed by atoms with Gasteiger partial charge >= 0.3 is 0 Å². The van der Waals surface area contributed by atoms with Crippen LogP contribution in [0.25, 0.3) is 0 Å². The number of nitrogens with one attached hydrogen (secondary N) is 2. The number of nitrogens with two attached hydrogens (primary N) is 1. The van der Waals surface area contributed by atoms with Crippen LogP contribution in [0.5, 0.6) is 0 Å². The van der Waals surface area contributed by atoms with Crippen LogP contribution in [0.2, 0.25) is 0 Å². The highest BCUT2D eigenvalue weighted by Gasteiger charge is 2.27. The third kappa shape index (κ3) is 3.54. The van der Waals surface area contributed by atoms with Gasteiger partial charge in [0.1, 0.15) is 5.82 Å². The summed E-state index contributed by atoms with van der Waals surface area (Å²) in [6.07, 6.45) is 9.04. The minimum Gasteiger partial charge on any atom is -0.370 e. The van der Waals surface area contributed by atoms with Gasteiger partial charge in [-0.15, -0.1) is 0 Å². The van der Waals surface area contributed by atoms with Crippen LogP contribution >= 0.6 is 0 Å². The van der Waals surface area contributed by atoms with E-state index in [1.807, 2.05) is 17.1 Å². The van der Waals surface area contributed by atoms with Gasteiger partial charge in [0.05, 0.1) is 11.9 Å². The van der Waals surface area contributed by atoms with Crippen LogP contribution in [0, 0.1) is 0 Å². The SMILES string of the molecule is CCn1cc(Nc2ncc(C3CC3)c(NCCCN)n2)cn1. The smallest absolute Gasteiger partial charge is 0.229 e. The van der Waals surface area contributed by atoms with Gasteiger partial charge in [-0.25, -0.2) is 4.98 Å². The summed E-state index contributed by atoms with van der Waals surface area (Å²) in [5.41, 5.74) is 7.67. The van der Waals surface area contributed by atoms with E-state index < -0.39 is 0 Å². The molecule has 0 spiro atoms. The zero-order valence-electron chi connectivity index (χ0n) is 12.9. The van der Waals surface area contributed by atoms with Gasteiger partial charge in [-0.3, -0.25) is 4.68 Å². The van der Waals surface area contributed by atoms with Crippen molar-refractivity contribution in [2.45, 2.75) is 38.6 Å². The molecule has 0 saturated heterocycles. The number of hydrogen-bond acceptors (Lipinski definition) is 6. The summed E-state index contributed by atoms with van der Waals surface area (Å²) in [4.78, 5) is 9.06. The molecule has 1 saturated carbocycles. The van der Waals surface area contributed by atoms with Crippen LogP contribution in [-0.4, -0.2) is 32.8 Å². The molecule has 0 unspecified atom stereocenters. The lowest BCUT2D eigenvalue weighted by atomic mass is 10.2. The van der Waals surface area contributed by atoms with Gasteiger partial charge in [-0.2, -0.15) is 10.1 Å². The maximum absolute atomic E-state index is 5.56. The maximum Gasteiger partial charge on any atom is 0.229 e. The predicted molar refractivity (Wildman–Crippen MR) is 87.4 cm³/mol. The highest BCUT2D eigenvalue weighted by atomic mass is 15.3. The molecule has 0 bridgehead atoms. The van der Waals surface area contributed by atoms with Crippen molar-refractivity contribution in [3.8, 4) is 0 Å². The maximum atomic E-state index is 5.56. The number of aryl methyl sites for hydroxylation is 1. The van der Waals surface area contributed by atoms with Gasteiger partial charge in [0.25, 0.3) is 0 Å². The van der Waals surface area contributed by atoms with Crippen LogP contribution in [0.1, 0.15) is 37.7 Å². The molecule has 22 heavy (non-hydrogen) atoms. The van der Waals surface area contributed by atoms with Gasteiger partial charge in [0, 0.05) is 31.0 Å². The highest BCUT2D eigenvalue weighted by molar-refractivity contribution is 5.55. The van der Waals surface area contributed by atoms with Crippen molar-refractivity contribution in [3.63, 3.8) is 0 Å². The van der Waals surface area contributed by atoms with Crippen molar-refractivity contribution >= 4 is 17.5 Å². The molecule has 7 heteroatoms. The van der Waals surface area contributed by atoms with Crippen LogP contribution in [0.3, 0.4) is 0 Å². The Morgan fingerprint density at radius 1 is 1.36 bits per heavy atom. The average molecular weight is 301 g/mol. The molecule has 2 aromatic heterocycles. The lowest BCUT2D eigenvalue weighted by molar-refractivity contribution is 0.660. The van der Waals surface area contributed by atoms with Gasteiger partial charge in [0.15, 0.2) is 0 Å². The molecule has 1 fully saturated rings. The summed E-state index contributed by atoms with van der Waals surface area (Å²) in [6, 6.07) is 0. The molecular formula is C15H23N7. The van der Waals surface area contributed by atoms with E-state index in [1.165, 1.54) is 18.4 Å². The Balaban J connectivity index is 1.74. The number of anilines is 3. The van der Waals surface area contributed by atoms with Crippen molar-refractivity contribution in [1.29, 1.82) is 0 Å². The van der Waals surface area contributed by atoms with Crippen LogP contribution in [0.15, 0.2) is 18.6 Å². The predicted octanol–water partition coefficient (Wildman–Crippen LogP) is 2.07. The molecule has 0 radical (unpaired) electrons. The first-order chi connectivity index (χ1) is 10.8. The Morgan fingerprint density at radius 3 is 2.91 bits per heavy atom. The summed E-state index contributed by atoms with van der Waals surface area (Å²) < 4.78 is 1.86. The van der Waals surface area contributed by atoms with Crippen LogP contribution < -0.4 is 16.4 Å². The first-order valence-corrected chi connectivity index (χ1v) is 7.90. The Morgan fingerprint density at radius 2 is 2.23 bits per heavy atom. The second-order valence-corrected chi connectivity index (χ2v) is 5.55. The van der Waals surface area contributed by atoms with Crippen molar-refractivity contribution < 1.29 is 0 Å². The Kier molecular flexibility index (Phi) is 4.53. The molecule has 0 aromatic carbocycles. The number of nitrogens with zero attached hydrogens (tertiary/aromatic N) is 4. The van der Waals surface area contributed by atoms with E-state index in [0.717, 1.165) is 31.0 Å². The molecule has 118 valence electrons. The van der Waals surface area contributed by atoms with Gasteiger partial charge < -0.3 is 16.4 Å². The minimum absolute atomic E-state index is 0.593. The standard InChI is InChI=1S/C15H23N7/c1-2-22-10-12(8-19-22)20-15-18-9-13(11-4-5-11)14(21-15)17-7-3-6-16/h8-11H,2-7,16H2,1H3,(H2,17,18,20,21). The van der Waals surface area contributed by atoms with Gasteiger partial charge in [-0.05, 0) is 38.6 Å². The second-order valence-electron chi connectivity index (χ2n) is 5.55. The lowest BCUT2D eigenvalue weighted by Crippen LogP contribution is -2.12. The van der Waals surface area contributed by atoms with E-state index in [2.05, 4.69) is 32.6 Å². The fourth-order valence-electron chi connectivity index (χ4n) is 2.33. The largest absolute Gasteiger partial charge is 0.370 e. The number of rotatable bonds is 8. The average Bonchev–Trinajstić information content (AvgIpc) is 3.27. The van der Waals surface area contributed by atoms with E-state index in [4.69, 9.17) is 5.73 Å². The summed E-state index contributed by atoms with van der Waals surface area (Å²) in [6.45, 7) is 4.41. The zero-order valence-corrected chi connectivity index (χ0v) is 12.9. The fraction of sp³-hybridized carbons (Fsp3) is 0.533. The Hall–Kier alpha value is -2.15. The van der Waals surface area contributed by atoms with E-state index in [0.29, 0.717) is 18.4 Å². The summed E-state index contributed by atoms with van der Waals surface area (Å²) in [5.74, 6) is 2.13. The molecule has 0 atom stereocenters. The second kappa shape index (κ2) is 6.74. The quantitative estimate of drug-likeness (QED) is 0.646. The van der Waals surface area contributed by atoms with E-state index in [1.54, 1.807) is 6.20 Å². The fourth-order valence-corrected chi connectivity index (χ4v) is 2.33. The third-order valence-corrected chi connectivity index (χ3v) is 3.72. The molecule has 2 aromatic rings. The van der Waals surface area contributed by atoms with Crippen LogP contribution in [-0.2, 0) is 6.54 Å². The first kappa shape index (κ1) is 14.8. The zero-order chi connectivity index (χ0) is 15.4. The highest BCUT2D eigenvalue weighted by Crippen LogP contribution is 2.42. The minimum atomic E-state index is 0.593. The van der Waals surface area contributed by atoms with Crippen molar-refractivity contribution in [1.82, 2.24) is 19.7 Å². The summed E-state index contributed by atoms with van der Waals surface area (Å²) in [7, 11) is 0. The van der Waals surface area contributed by atoms with Gasteiger partial charge in [-0.1, -0.05) is 0 Å². The molecule has 0 aliphatic heterocycles. The first-order valence-electron chi connectivity index (χ1n) is 7.90. The monoisotopic (exact) mass is 301 g/mol. The molecule has 3 rings (SSSR count). The molecule has 1 aliphatic rings. The molecule has 1 aliphatic carbocycles. The van der Waals surface area contributed by atoms with Crippen molar-refractivity contribution in [3.05, 3.63) is 24.2 Å². The number of hydrogen-bond donors (Lipinski definition) is 3. The van der Waals surface area contributed by atoms with Crippen molar-refractivity contribution in [2.75, 3.05) is 23.7 Å². The molecule has 2 heterocycles. The third-order valence-electron chi connectivity index (χ3n) is 3.72.